The van der Waals surface area contributed by atoms with Gasteiger partial charge in [-0.15, -0.1) is 0 Å². The first kappa shape index (κ1) is 17.5. The van der Waals surface area contributed by atoms with Gasteiger partial charge in [0.2, 0.25) is 5.91 Å². The molecular weight excluding hydrogens is 316 g/mol. The zero-order valence-corrected chi connectivity index (χ0v) is 13.9. The van der Waals surface area contributed by atoms with Crippen molar-refractivity contribution in [1.29, 1.82) is 0 Å². The molecular formula is C18H19F2NOS. The molecule has 0 radical (unpaired) electrons. The average molecular weight is 335 g/mol. The average Bonchev–Trinajstić information content (AvgIpc) is 2.53. The summed E-state index contributed by atoms with van der Waals surface area (Å²) in [6.07, 6.45) is 2.25. The van der Waals surface area contributed by atoms with Crippen LogP contribution in [0, 0.1) is 11.6 Å². The van der Waals surface area contributed by atoms with Gasteiger partial charge in [0.05, 0.1) is 11.3 Å². The van der Waals surface area contributed by atoms with Crippen molar-refractivity contribution in [2.24, 2.45) is 0 Å². The van der Waals surface area contributed by atoms with Crippen LogP contribution in [0.4, 0.5) is 8.78 Å². The first-order valence-corrected chi connectivity index (χ1v) is 8.61. The number of halogens is 2. The van der Waals surface area contributed by atoms with Gasteiger partial charge in [-0.3, -0.25) is 4.79 Å². The quantitative estimate of drug-likeness (QED) is 0.860. The second-order valence-electron chi connectivity index (χ2n) is 5.33. The van der Waals surface area contributed by atoms with Crippen molar-refractivity contribution >= 4 is 17.7 Å². The second kappa shape index (κ2) is 8.11. The number of carbonyl (C=O) groups excluding carboxylic acids is 1. The number of hydrogen-bond donors (Lipinski definition) is 1. The molecule has 0 aliphatic carbocycles. The van der Waals surface area contributed by atoms with Gasteiger partial charge in [0, 0.05) is 0 Å². The van der Waals surface area contributed by atoms with Gasteiger partial charge in [0.15, 0.2) is 0 Å². The summed E-state index contributed by atoms with van der Waals surface area (Å²) in [5.74, 6) is -0.814. The van der Waals surface area contributed by atoms with Crippen LogP contribution in [0.1, 0.15) is 24.1 Å². The van der Waals surface area contributed by atoms with Gasteiger partial charge in [-0.05, 0) is 55.0 Å². The van der Waals surface area contributed by atoms with Crippen molar-refractivity contribution in [3.63, 3.8) is 0 Å². The van der Waals surface area contributed by atoms with Crippen LogP contribution in [-0.4, -0.2) is 17.4 Å². The van der Waals surface area contributed by atoms with Crippen LogP contribution in [0.2, 0.25) is 0 Å². The lowest BCUT2D eigenvalue weighted by Gasteiger charge is -2.21. The number of nitrogens with one attached hydrogen (secondary N) is 1. The molecule has 2 rings (SSSR count). The molecule has 122 valence electrons. The molecule has 0 fully saturated rings. The number of thioether (sulfide) groups is 1. The van der Waals surface area contributed by atoms with E-state index in [1.165, 1.54) is 36.0 Å². The van der Waals surface area contributed by atoms with Crippen LogP contribution in [0.15, 0.2) is 48.5 Å². The maximum atomic E-state index is 13.5. The van der Waals surface area contributed by atoms with Gasteiger partial charge in [0.25, 0.3) is 0 Å². The summed E-state index contributed by atoms with van der Waals surface area (Å²) in [7, 11) is 0. The van der Waals surface area contributed by atoms with Gasteiger partial charge in [-0.1, -0.05) is 24.3 Å². The standard InChI is InChI=1S/C18H19F2NOS/c1-12(23-2)18(22)21-17(14-6-4-8-16(20)11-14)10-13-5-3-7-15(19)9-13/h3-9,11-12,17H,10H2,1-2H3,(H,21,22)/t12-,17+/m0/s1. The van der Waals surface area contributed by atoms with E-state index in [4.69, 9.17) is 0 Å². The van der Waals surface area contributed by atoms with E-state index in [-0.39, 0.29) is 22.8 Å². The minimum atomic E-state index is -0.408. The third-order valence-electron chi connectivity index (χ3n) is 3.62. The molecule has 0 aliphatic rings. The Bertz CT molecular complexity index is 678. The molecule has 5 heteroatoms. The van der Waals surface area contributed by atoms with Gasteiger partial charge in [0.1, 0.15) is 11.6 Å². The molecule has 0 spiro atoms. The first-order valence-electron chi connectivity index (χ1n) is 7.32. The number of carbonyl (C=O) groups is 1. The molecule has 0 aromatic heterocycles. The third-order valence-corrected chi connectivity index (χ3v) is 4.54. The highest BCUT2D eigenvalue weighted by atomic mass is 32.2. The van der Waals surface area contributed by atoms with Crippen LogP contribution in [-0.2, 0) is 11.2 Å². The van der Waals surface area contributed by atoms with Crippen molar-refractivity contribution in [2.45, 2.75) is 24.6 Å². The Morgan fingerprint density at radius 3 is 2.39 bits per heavy atom. The summed E-state index contributed by atoms with van der Waals surface area (Å²) in [6.45, 7) is 1.81. The predicted octanol–water partition coefficient (Wildman–Crippen LogP) is 4.12. The van der Waals surface area contributed by atoms with E-state index in [9.17, 15) is 13.6 Å². The summed E-state index contributed by atoms with van der Waals surface area (Å²) in [5.41, 5.74) is 1.41. The molecule has 0 bridgehead atoms. The second-order valence-corrected chi connectivity index (χ2v) is 6.51. The number of rotatable bonds is 6. The smallest absolute Gasteiger partial charge is 0.233 e. The Morgan fingerprint density at radius 1 is 1.13 bits per heavy atom. The molecule has 2 aromatic carbocycles. The topological polar surface area (TPSA) is 29.1 Å². The normalized spacial score (nSPS) is 13.4. The highest BCUT2D eigenvalue weighted by Gasteiger charge is 2.19. The summed E-state index contributed by atoms with van der Waals surface area (Å²) < 4.78 is 26.9. The van der Waals surface area contributed by atoms with Crippen molar-refractivity contribution in [3.05, 3.63) is 71.3 Å². The SMILES string of the molecule is CS[C@@H](C)C(=O)N[C@H](Cc1cccc(F)c1)c1cccc(F)c1. The third kappa shape index (κ3) is 5.06. The molecule has 0 aliphatic heterocycles. The lowest BCUT2D eigenvalue weighted by molar-refractivity contribution is -0.121. The number of hydrogen-bond acceptors (Lipinski definition) is 2. The fourth-order valence-electron chi connectivity index (χ4n) is 2.27. The molecule has 2 aromatic rings. The molecule has 0 heterocycles. The van der Waals surface area contributed by atoms with Crippen molar-refractivity contribution in [3.8, 4) is 0 Å². The summed E-state index contributed by atoms with van der Waals surface area (Å²) in [5, 5.41) is 2.72. The molecule has 2 nitrogen and oxygen atoms in total. The number of benzene rings is 2. The molecule has 1 amide bonds. The summed E-state index contributed by atoms with van der Waals surface area (Å²) in [6, 6.07) is 11.9. The van der Waals surface area contributed by atoms with E-state index in [0.29, 0.717) is 12.0 Å². The fraction of sp³-hybridized carbons (Fsp3) is 0.278. The van der Waals surface area contributed by atoms with Gasteiger partial charge < -0.3 is 5.32 Å². The lowest BCUT2D eigenvalue weighted by atomic mass is 9.98. The van der Waals surface area contributed by atoms with Crippen molar-refractivity contribution in [2.75, 3.05) is 6.26 Å². The summed E-state index contributed by atoms with van der Waals surface area (Å²) >= 11 is 1.44. The Labute approximate surface area is 139 Å². The van der Waals surface area contributed by atoms with E-state index < -0.39 is 6.04 Å². The van der Waals surface area contributed by atoms with Gasteiger partial charge in [-0.2, -0.15) is 11.8 Å². The minimum Gasteiger partial charge on any atom is -0.348 e. The minimum absolute atomic E-state index is 0.122. The van der Waals surface area contributed by atoms with E-state index >= 15 is 0 Å². The van der Waals surface area contributed by atoms with Crippen molar-refractivity contribution < 1.29 is 13.6 Å². The van der Waals surface area contributed by atoms with Crippen molar-refractivity contribution in [1.82, 2.24) is 5.32 Å². The fourth-order valence-corrected chi connectivity index (χ4v) is 2.55. The maximum Gasteiger partial charge on any atom is 0.233 e. The molecule has 2 atom stereocenters. The monoisotopic (exact) mass is 335 g/mol. The van der Waals surface area contributed by atoms with E-state index in [1.54, 1.807) is 24.3 Å². The maximum absolute atomic E-state index is 13.5. The molecule has 0 unspecified atom stereocenters. The van der Waals surface area contributed by atoms with Gasteiger partial charge in [-0.25, -0.2) is 8.78 Å². The number of amides is 1. The Hall–Kier alpha value is -1.88. The highest BCUT2D eigenvalue weighted by Crippen LogP contribution is 2.21. The van der Waals surface area contributed by atoms with E-state index in [2.05, 4.69) is 5.32 Å². The zero-order chi connectivity index (χ0) is 16.8. The van der Waals surface area contributed by atoms with Crippen LogP contribution in [0.3, 0.4) is 0 Å². The zero-order valence-electron chi connectivity index (χ0n) is 13.1. The Morgan fingerprint density at radius 2 is 1.78 bits per heavy atom. The molecule has 23 heavy (non-hydrogen) atoms. The van der Waals surface area contributed by atoms with Crippen LogP contribution < -0.4 is 5.32 Å². The van der Waals surface area contributed by atoms with E-state index in [0.717, 1.165) is 5.56 Å². The van der Waals surface area contributed by atoms with E-state index in [1.807, 2.05) is 13.2 Å². The predicted molar refractivity (Wildman–Crippen MR) is 90.4 cm³/mol. The Kier molecular flexibility index (Phi) is 6.16. The largest absolute Gasteiger partial charge is 0.348 e. The molecule has 1 N–H and O–H groups in total. The molecule has 0 saturated heterocycles. The van der Waals surface area contributed by atoms with Crippen LogP contribution >= 0.6 is 11.8 Å². The van der Waals surface area contributed by atoms with Crippen LogP contribution in [0.25, 0.3) is 0 Å². The highest BCUT2D eigenvalue weighted by molar-refractivity contribution is 7.99. The first-order chi connectivity index (χ1) is 11.0. The summed E-state index contributed by atoms with van der Waals surface area (Å²) in [4.78, 5) is 12.2. The van der Waals surface area contributed by atoms with Crippen LogP contribution in [0.5, 0.6) is 0 Å². The molecule has 0 saturated carbocycles. The van der Waals surface area contributed by atoms with Gasteiger partial charge >= 0.3 is 0 Å². The lowest BCUT2D eigenvalue weighted by Crippen LogP contribution is -2.35. The Balaban J connectivity index is 2.25.